The van der Waals surface area contributed by atoms with E-state index in [1.165, 1.54) is 11.8 Å². The Kier molecular flexibility index (Phi) is 4.92. The largest absolute Gasteiger partial charge is 0.447 e. The second-order valence-electron chi connectivity index (χ2n) is 7.31. The highest BCUT2D eigenvalue weighted by molar-refractivity contribution is 6.11. The lowest BCUT2D eigenvalue weighted by atomic mass is 9.91. The molecule has 2 aromatic rings. The van der Waals surface area contributed by atoms with Crippen molar-refractivity contribution in [3.63, 3.8) is 0 Å². The molecule has 1 unspecified atom stereocenters. The van der Waals surface area contributed by atoms with Gasteiger partial charge in [0.1, 0.15) is 23.8 Å². The Labute approximate surface area is 175 Å². The van der Waals surface area contributed by atoms with E-state index < -0.39 is 53.1 Å². The van der Waals surface area contributed by atoms with Gasteiger partial charge < -0.3 is 10.1 Å². The van der Waals surface area contributed by atoms with Gasteiger partial charge in [-0.3, -0.25) is 19.4 Å². The van der Waals surface area contributed by atoms with Crippen molar-refractivity contribution in [2.45, 2.75) is 12.5 Å². The normalized spacial score (nSPS) is 20.8. The molecule has 160 valence electrons. The molecule has 1 N–H and O–H groups in total. The molecule has 0 aromatic heterocycles. The number of hydrogen-bond acceptors (Lipinski definition) is 5. The van der Waals surface area contributed by atoms with Gasteiger partial charge in [-0.25, -0.2) is 18.4 Å². The third kappa shape index (κ3) is 3.49. The number of hydrogen-bond donors (Lipinski definition) is 1. The number of imide groups is 1. The topological polar surface area (TPSA) is 96.0 Å². The van der Waals surface area contributed by atoms with Gasteiger partial charge in [-0.15, -0.1) is 0 Å². The minimum Gasteiger partial charge on any atom is -0.447 e. The maximum absolute atomic E-state index is 13.9. The Balaban J connectivity index is 1.54. The minimum atomic E-state index is -1.46. The predicted octanol–water partition coefficient (Wildman–Crippen LogP) is 2.57. The Morgan fingerprint density at radius 2 is 1.84 bits per heavy atom. The number of cyclic esters (lactones) is 1. The Hall–Kier alpha value is -3.82. The maximum Gasteiger partial charge on any atom is 0.414 e. The van der Waals surface area contributed by atoms with Crippen molar-refractivity contribution in [3.05, 3.63) is 65.2 Å². The zero-order valence-electron chi connectivity index (χ0n) is 16.4. The molecular weight excluding hydrogens is 412 g/mol. The van der Waals surface area contributed by atoms with E-state index in [1.54, 1.807) is 24.3 Å². The third-order valence-corrected chi connectivity index (χ3v) is 5.33. The van der Waals surface area contributed by atoms with Crippen LogP contribution in [0.15, 0.2) is 42.5 Å². The molecule has 10 heteroatoms. The molecule has 31 heavy (non-hydrogen) atoms. The van der Waals surface area contributed by atoms with Crippen LogP contribution in [-0.4, -0.2) is 48.4 Å². The Morgan fingerprint density at radius 1 is 1.13 bits per heavy atom. The number of carbonyl (C=O) groups excluding carboxylic acids is 4. The predicted molar refractivity (Wildman–Crippen MR) is 103 cm³/mol. The standard InChI is InChI=1S/C21H17F2N3O5/c1-21(12-2-5-14(6-3-12)25-8-9-31-20(25)30)18(28)26(19(29)24-21)11-17(27)15-7-4-13(22)10-16(15)23/h2-7,10H,8-9,11H2,1H3,(H,24,29). The molecule has 2 heterocycles. The van der Waals surface area contributed by atoms with Gasteiger partial charge >= 0.3 is 12.1 Å². The van der Waals surface area contributed by atoms with Crippen LogP contribution in [0, 0.1) is 11.6 Å². The van der Waals surface area contributed by atoms with Gasteiger partial charge in [0.2, 0.25) is 0 Å². The van der Waals surface area contributed by atoms with Gasteiger partial charge in [-0.2, -0.15) is 0 Å². The number of anilines is 1. The van der Waals surface area contributed by atoms with Crippen LogP contribution in [0.3, 0.4) is 0 Å². The number of benzene rings is 2. The average Bonchev–Trinajstić information content (AvgIpc) is 3.25. The summed E-state index contributed by atoms with van der Waals surface area (Å²) in [5.41, 5.74) is -0.865. The summed E-state index contributed by atoms with van der Waals surface area (Å²) in [6.07, 6.45) is -0.470. The SMILES string of the molecule is CC1(c2ccc(N3CCOC3=O)cc2)NC(=O)N(CC(=O)c2ccc(F)cc2F)C1=O. The number of rotatable bonds is 5. The third-order valence-electron chi connectivity index (χ3n) is 5.33. The van der Waals surface area contributed by atoms with Crippen LogP contribution in [0.2, 0.25) is 0 Å². The van der Waals surface area contributed by atoms with Crippen LogP contribution in [0.1, 0.15) is 22.8 Å². The number of nitrogens with zero attached hydrogens (tertiary/aromatic N) is 2. The van der Waals surface area contributed by atoms with Crippen molar-refractivity contribution in [1.82, 2.24) is 10.2 Å². The molecule has 0 spiro atoms. The van der Waals surface area contributed by atoms with Crippen molar-refractivity contribution < 1.29 is 32.7 Å². The van der Waals surface area contributed by atoms with E-state index in [0.717, 1.165) is 12.1 Å². The molecule has 2 aliphatic rings. The van der Waals surface area contributed by atoms with Crippen molar-refractivity contribution in [3.8, 4) is 0 Å². The quantitative estimate of drug-likeness (QED) is 0.582. The lowest BCUT2D eigenvalue weighted by Crippen LogP contribution is -2.41. The van der Waals surface area contributed by atoms with Gasteiger partial charge in [0.05, 0.1) is 18.7 Å². The summed E-state index contributed by atoms with van der Waals surface area (Å²) in [5, 5.41) is 2.55. The molecule has 2 aliphatic heterocycles. The summed E-state index contributed by atoms with van der Waals surface area (Å²) in [6.45, 7) is 1.47. The first-order valence-corrected chi connectivity index (χ1v) is 9.38. The maximum atomic E-state index is 13.9. The van der Waals surface area contributed by atoms with Crippen molar-refractivity contribution in [2.24, 2.45) is 0 Å². The molecule has 0 saturated carbocycles. The fourth-order valence-corrected chi connectivity index (χ4v) is 3.58. The van der Waals surface area contributed by atoms with Crippen molar-refractivity contribution in [1.29, 1.82) is 0 Å². The Bertz CT molecular complexity index is 1100. The highest BCUT2D eigenvalue weighted by atomic mass is 19.1. The number of Topliss-reactive ketones (excluding diaryl/α,β-unsaturated/α-hetero) is 1. The lowest BCUT2D eigenvalue weighted by molar-refractivity contribution is -0.130. The van der Waals surface area contributed by atoms with E-state index in [2.05, 4.69) is 5.32 Å². The van der Waals surface area contributed by atoms with Gasteiger partial charge in [0, 0.05) is 11.8 Å². The fourth-order valence-electron chi connectivity index (χ4n) is 3.58. The van der Waals surface area contributed by atoms with Gasteiger partial charge in [0.25, 0.3) is 5.91 Å². The Morgan fingerprint density at radius 3 is 2.45 bits per heavy atom. The second kappa shape index (κ2) is 7.46. The molecule has 1 atom stereocenters. The molecular formula is C21H17F2N3O5. The second-order valence-corrected chi connectivity index (χ2v) is 7.31. The van der Waals surface area contributed by atoms with E-state index >= 15 is 0 Å². The molecule has 2 saturated heterocycles. The summed E-state index contributed by atoms with van der Waals surface area (Å²) in [5.74, 6) is -3.45. The van der Waals surface area contributed by atoms with E-state index in [0.29, 0.717) is 28.8 Å². The highest BCUT2D eigenvalue weighted by Crippen LogP contribution is 2.31. The molecule has 8 nitrogen and oxygen atoms in total. The molecule has 2 fully saturated rings. The average molecular weight is 429 g/mol. The first-order valence-electron chi connectivity index (χ1n) is 9.38. The number of carbonyl (C=O) groups is 4. The van der Waals surface area contributed by atoms with Crippen LogP contribution >= 0.6 is 0 Å². The first kappa shape index (κ1) is 20.5. The van der Waals surface area contributed by atoms with Gasteiger partial charge in [-0.05, 0) is 36.8 Å². The minimum absolute atomic E-state index is 0.282. The van der Waals surface area contributed by atoms with Crippen LogP contribution in [0.4, 0.5) is 24.1 Å². The molecule has 0 bridgehead atoms. The van der Waals surface area contributed by atoms with E-state index in [1.807, 2.05) is 0 Å². The smallest absolute Gasteiger partial charge is 0.414 e. The number of urea groups is 1. The summed E-state index contributed by atoms with van der Waals surface area (Å²) in [6, 6.07) is 8.05. The number of halogens is 2. The zero-order valence-corrected chi connectivity index (χ0v) is 16.4. The van der Waals surface area contributed by atoms with E-state index in [4.69, 9.17) is 4.74 Å². The van der Waals surface area contributed by atoms with E-state index in [9.17, 15) is 28.0 Å². The van der Waals surface area contributed by atoms with Crippen LogP contribution in [-0.2, 0) is 15.1 Å². The summed E-state index contributed by atoms with van der Waals surface area (Å²) in [4.78, 5) is 51.6. The lowest BCUT2D eigenvalue weighted by Gasteiger charge is -2.23. The summed E-state index contributed by atoms with van der Waals surface area (Å²) >= 11 is 0. The molecule has 4 rings (SSSR count). The molecule has 4 amide bonds. The summed E-state index contributed by atoms with van der Waals surface area (Å²) < 4.78 is 31.8. The molecule has 0 aliphatic carbocycles. The zero-order chi connectivity index (χ0) is 22.3. The highest BCUT2D eigenvalue weighted by Gasteiger charge is 2.49. The van der Waals surface area contributed by atoms with Crippen molar-refractivity contribution >= 4 is 29.5 Å². The summed E-state index contributed by atoms with van der Waals surface area (Å²) in [7, 11) is 0. The molecule has 0 radical (unpaired) electrons. The molecule has 2 aromatic carbocycles. The fraction of sp³-hybridized carbons (Fsp3) is 0.238. The van der Waals surface area contributed by atoms with Crippen LogP contribution in [0.5, 0.6) is 0 Å². The van der Waals surface area contributed by atoms with E-state index in [-0.39, 0.29) is 6.61 Å². The van der Waals surface area contributed by atoms with Gasteiger partial charge in [-0.1, -0.05) is 12.1 Å². The van der Waals surface area contributed by atoms with Gasteiger partial charge in [0.15, 0.2) is 5.78 Å². The van der Waals surface area contributed by atoms with Crippen LogP contribution < -0.4 is 10.2 Å². The van der Waals surface area contributed by atoms with Crippen molar-refractivity contribution in [2.75, 3.05) is 24.6 Å². The number of ketones is 1. The van der Waals surface area contributed by atoms with Crippen LogP contribution in [0.25, 0.3) is 0 Å². The first-order chi connectivity index (χ1) is 14.7. The monoisotopic (exact) mass is 429 g/mol. The number of nitrogens with one attached hydrogen (secondary N) is 1. The number of amides is 4. The number of ether oxygens (including phenoxy) is 1.